The zero-order valence-corrected chi connectivity index (χ0v) is 12.5. The molecule has 0 aromatic heterocycles. The van der Waals surface area contributed by atoms with Crippen LogP contribution in [0.25, 0.3) is 0 Å². The smallest absolute Gasteiger partial charge is 0.0205 e. The summed E-state index contributed by atoms with van der Waals surface area (Å²) in [6.07, 6.45) is 1.31. The van der Waals surface area contributed by atoms with Crippen LogP contribution >= 0.6 is 23.5 Å². The van der Waals surface area contributed by atoms with Crippen LogP contribution in [0.5, 0.6) is 0 Å². The van der Waals surface area contributed by atoms with Gasteiger partial charge >= 0.3 is 0 Å². The Hall–Kier alpha value is -0.120. The highest BCUT2D eigenvalue weighted by molar-refractivity contribution is 8.00. The van der Waals surface area contributed by atoms with Gasteiger partial charge in [-0.15, -0.1) is 11.8 Å². The second-order valence-corrected chi connectivity index (χ2v) is 6.39. The fourth-order valence-electron chi connectivity index (χ4n) is 1.47. The van der Waals surface area contributed by atoms with Gasteiger partial charge in [-0.3, -0.25) is 0 Å². The normalized spacial score (nSPS) is 10.7. The third-order valence-electron chi connectivity index (χ3n) is 2.41. The maximum Gasteiger partial charge on any atom is 0.0205 e. The molecule has 0 amide bonds. The summed E-state index contributed by atoms with van der Waals surface area (Å²) in [4.78, 5) is 1.40. The van der Waals surface area contributed by atoms with Gasteiger partial charge in [0.15, 0.2) is 0 Å². The van der Waals surface area contributed by atoms with E-state index in [1.807, 2.05) is 23.5 Å². The monoisotopic (exact) mass is 269 g/mol. The summed E-state index contributed by atoms with van der Waals surface area (Å²) >= 11 is 4.00. The van der Waals surface area contributed by atoms with Crippen molar-refractivity contribution in [2.75, 3.05) is 23.8 Å². The molecule has 1 rings (SSSR count). The van der Waals surface area contributed by atoms with Crippen molar-refractivity contribution in [2.24, 2.45) is 0 Å². The Morgan fingerprint density at radius 2 is 1.82 bits per heavy atom. The van der Waals surface area contributed by atoms with Gasteiger partial charge in [-0.2, -0.15) is 11.8 Å². The van der Waals surface area contributed by atoms with Gasteiger partial charge in [0.2, 0.25) is 0 Å². The van der Waals surface area contributed by atoms with E-state index in [1.165, 1.54) is 34.1 Å². The number of benzene rings is 1. The Kier molecular flexibility index (Phi) is 8.67. The van der Waals surface area contributed by atoms with Gasteiger partial charge in [0, 0.05) is 11.4 Å². The van der Waals surface area contributed by atoms with E-state index in [0.29, 0.717) is 0 Å². The quantitative estimate of drug-likeness (QED) is 0.537. The average Bonchev–Trinajstić information content (AvgIpc) is 2.37. The first kappa shape index (κ1) is 14.9. The molecule has 0 saturated carbocycles. The van der Waals surface area contributed by atoms with Crippen molar-refractivity contribution < 1.29 is 0 Å². The molecule has 0 bridgehead atoms. The highest BCUT2D eigenvalue weighted by Gasteiger charge is 1.96. The largest absolute Gasteiger partial charge is 0.313 e. The van der Waals surface area contributed by atoms with E-state index >= 15 is 0 Å². The van der Waals surface area contributed by atoms with Crippen molar-refractivity contribution in [3.63, 3.8) is 0 Å². The van der Waals surface area contributed by atoms with E-state index in [9.17, 15) is 0 Å². The van der Waals surface area contributed by atoms with Crippen molar-refractivity contribution in [3.05, 3.63) is 29.8 Å². The maximum absolute atomic E-state index is 3.34. The van der Waals surface area contributed by atoms with Crippen LogP contribution in [0.4, 0.5) is 0 Å². The number of rotatable bonds is 9. The van der Waals surface area contributed by atoms with Gasteiger partial charge in [0.05, 0.1) is 0 Å². The fraction of sp³-hybridized carbons (Fsp3) is 0.571. The van der Waals surface area contributed by atoms with Crippen LogP contribution in [0, 0.1) is 0 Å². The summed E-state index contributed by atoms with van der Waals surface area (Å²) in [6, 6.07) is 8.94. The molecular weight excluding hydrogens is 246 g/mol. The summed E-state index contributed by atoms with van der Waals surface area (Å²) in [6.45, 7) is 6.37. The van der Waals surface area contributed by atoms with Crippen molar-refractivity contribution in [1.82, 2.24) is 5.32 Å². The number of thioether (sulfide) groups is 2. The van der Waals surface area contributed by atoms with Gasteiger partial charge in [-0.1, -0.05) is 26.0 Å². The molecule has 0 spiro atoms. The van der Waals surface area contributed by atoms with E-state index in [4.69, 9.17) is 0 Å². The molecule has 0 fully saturated rings. The molecule has 96 valence electrons. The molecule has 1 aromatic carbocycles. The summed E-state index contributed by atoms with van der Waals surface area (Å²) in [5.41, 5.74) is 1.37. The number of hydrogen-bond donors (Lipinski definition) is 1. The lowest BCUT2D eigenvalue weighted by molar-refractivity contribution is 0.726. The van der Waals surface area contributed by atoms with Crippen LogP contribution in [-0.4, -0.2) is 23.8 Å². The summed E-state index contributed by atoms with van der Waals surface area (Å²) < 4.78 is 0. The van der Waals surface area contributed by atoms with Crippen LogP contribution < -0.4 is 5.32 Å². The summed E-state index contributed by atoms with van der Waals surface area (Å²) in [7, 11) is 0. The van der Waals surface area contributed by atoms with Crippen molar-refractivity contribution >= 4 is 23.5 Å². The zero-order valence-electron chi connectivity index (χ0n) is 10.9. The van der Waals surface area contributed by atoms with E-state index in [2.05, 4.69) is 43.4 Å². The van der Waals surface area contributed by atoms with E-state index < -0.39 is 0 Å². The van der Waals surface area contributed by atoms with Crippen LogP contribution in [0.3, 0.4) is 0 Å². The summed E-state index contributed by atoms with van der Waals surface area (Å²) in [5, 5.41) is 3.34. The van der Waals surface area contributed by atoms with Crippen LogP contribution in [-0.2, 0) is 6.54 Å². The molecule has 17 heavy (non-hydrogen) atoms. The second kappa shape index (κ2) is 9.86. The predicted octanol–water partition coefficient (Wildman–Crippen LogP) is 4.03. The maximum atomic E-state index is 3.34. The predicted molar refractivity (Wildman–Crippen MR) is 82.2 cm³/mol. The van der Waals surface area contributed by atoms with Crippen LogP contribution in [0.1, 0.15) is 25.8 Å². The molecule has 0 unspecified atom stereocenters. The molecule has 0 aliphatic rings. The molecule has 1 aromatic rings. The van der Waals surface area contributed by atoms with Crippen molar-refractivity contribution in [1.29, 1.82) is 0 Å². The van der Waals surface area contributed by atoms with E-state index in [-0.39, 0.29) is 0 Å². The first-order valence-electron chi connectivity index (χ1n) is 6.37. The highest BCUT2D eigenvalue weighted by Crippen LogP contribution is 2.20. The van der Waals surface area contributed by atoms with Crippen molar-refractivity contribution in [3.8, 4) is 0 Å². The molecule has 0 radical (unpaired) electrons. The lowest BCUT2D eigenvalue weighted by atomic mass is 10.2. The topological polar surface area (TPSA) is 12.0 Å². The molecule has 0 saturated heterocycles. The molecule has 0 aliphatic carbocycles. The number of hydrogen-bond acceptors (Lipinski definition) is 3. The van der Waals surface area contributed by atoms with Gasteiger partial charge in [-0.05, 0) is 47.9 Å². The first-order valence-corrected chi connectivity index (χ1v) is 8.51. The molecule has 3 heteroatoms. The minimum atomic E-state index is 0.981. The second-order valence-electron chi connectivity index (χ2n) is 3.82. The molecular formula is C14H23NS2. The molecule has 0 atom stereocenters. The Morgan fingerprint density at radius 1 is 1.06 bits per heavy atom. The molecule has 0 heterocycles. The first-order chi connectivity index (χ1) is 8.36. The lowest BCUT2D eigenvalue weighted by Crippen LogP contribution is -2.11. The lowest BCUT2D eigenvalue weighted by Gasteiger charge is -2.04. The third kappa shape index (κ3) is 7.02. The molecule has 0 aliphatic heterocycles. The SMILES string of the molecule is CCNCc1ccc(SCCCSCC)cc1. The van der Waals surface area contributed by atoms with Gasteiger partial charge in [0.25, 0.3) is 0 Å². The Balaban J connectivity index is 2.20. The highest BCUT2D eigenvalue weighted by atomic mass is 32.2. The van der Waals surface area contributed by atoms with Gasteiger partial charge < -0.3 is 5.32 Å². The fourth-order valence-corrected chi connectivity index (χ4v) is 3.14. The van der Waals surface area contributed by atoms with E-state index in [0.717, 1.165) is 13.1 Å². The number of nitrogens with one attached hydrogen (secondary N) is 1. The minimum absolute atomic E-state index is 0.981. The standard InChI is InChI=1S/C14H23NS2/c1-3-15-12-13-6-8-14(9-7-13)17-11-5-10-16-4-2/h6-9,15H,3-5,10-12H2,1-2H3. The Morgan fingerprint density at radius 3 is 2.47 bits per heavy atom. The van der Waals surface area contributed by atoms with Gasteiger partial charge in [0.1, 0.15) is 0 Å². The average molecular weight is 269 g/mol. The zero-order chi connectivity index (χ0) is 12.3. The third-order valence-corrected chi connectivity index (χ3v) is 4.49. The van der Waals surface area contributed by atoms with E-state index in [1.54, 1.807) is 0 Å². The summed E-state index contributed by atoms with van der Waals surface area (Å²) in [5.74, 6) is 3.77. The van der Waals surface area contributed by atoms with Gasteiger partial charge in [-0.25, -0.2) is 0 Å². The van der Waals surface area contributed by atoms with Crippen LogP contribution in [0.15, 0.2) is 29.2 Å². The van der Waals surface area contributed by atoms with Crippen LogP contribution in [0.2, 0.25) is 0 Å². The molecule has 1 N–H and O–H groups in total. The van der Waals surface area contributed by atoms with Crippen molar-refractivity contribution in [2.45, 2.75) is 31.7 Å². The Labute approximate surface area is 114 Å². The molecule has 1 nitrogen and oxygen atoms in total. The Bertz CT molecular complexity index is 285. The minimum Gasteiger partial charge on any atom is -0.313 e.